The molecule has 0 atom stereocenters. The van der Waals surface area contributed by atoms with Crippen LogP contribution >= 0.6 is 23.4 Å². The maximum absolute atomic E-state index is 11.3. The van der Waals surface area contributed by atoms with Gasteiger partial charge >= 0.3 is 0 Å². The van der Waals surface area contributed by atoms with E-state index in [1.54, 1.807) is 12.1 Å². The zero-order valence-electron chi connectivity index (χ0n) is 8.48. The van der Waals surface area contributed by atoms with Gasteiger partial charge in [-0.25, -0.2) is 0 Å². The Morgan fingerprint density at radius 3 is 2.50 bits per heavy atom. The average molecular weight is 256 g/mol. The summed E-state index contributed by atoms with van der Waals surface area (Å²) in [4.78, 5) is 23.9. The second kappa shape index (κ2) is 4.89. The number of rotatable bonds is 3. The largest absolute Gasteiger partial charge is 0.288 e. The van der Waals surface area contributed by atoms with E-state index in [1.165, 1.54) is 4.90 Å². The van der Waals surface area contributed by atoms with E-state index in [4.69, 9.17) is 11.6 Å². The van der Waals surface area contributed by atoms with Crippen LogP contribution in [0.1, 0.15) is 5.56 Å². The lowest BCUT2D eigenvalue weighted by molar-refractivity contribution is -0.124. The number of carbonyl (C=O) groups is 2. The maximum Gasteiger partial charge on any atom is 0.288 e. The van der Waals surface area contributed by atoms with Gasteiger partial charge in [0.15, 0.2) is 0 Å². The normalized spacial score (nSPS) is 15.9. The van der Waals surface area contributed by atoms with E-state index in [2.05, 4.69) is 0 Å². The molecule has 2 rings (SSSR count). The summed E-state index contributed by atoms with van der Waals surface area (Å²) in [5.41, 5.74) is 1.07. The van der Waals surface area contributed by atoms with E-state index in [1.807, 2.05) is 12.1 Å². The first-order valence-corrected chi connectivity index (χ1v) is 6.25. The lowest BCUT2D eigenvalue weighted by Gasteiger charge is -2.12. The first kappa shape index (κ1) is 11.5. The first-order chi connectivity index (χ1) is 7.66. The molecule has 3 nitrogen and oxygen atoms in total. The lowest BCUT2D eigenvalue weighted by atomic mass is 10.1. The molecule has 0 aliphatic carbocycles. The topological polar surface area (TPSA) is 37.4 Å². The molecule has 2 amide bonds. The van der Waals surface area contributed by atoms with Gasteiger partial charge in [0, 0.05) is 11.6 Å². The predicted molar refractivity (Wildman–Crippen MR) is 64.7 cm³/mol. The third-order valence-corrected chi connectivity index (χ3v) is 3.49. The lowest BCUT2D eigenvalue weighted by Crippen LogP contribution is -2.30. The fourth-order valence-electron chi connectivity index (χ4n) is 1.49. The Kier molecular flexibility index (Phi) is 3.51. The molecule has 0 saturated carbocycles. The fraction of sp³-hybridized carbons (Fsp3) is 0.273. The second-order valence-corrected chi connectivity index (χ2v) is 4.84. The van der Waals surface area contributed by atoms with Gasteiger partial charge in [-0.15, -0.1) is 0 Å². The molecule has 1 aromatic carbocycles. The molecule has 0 bridgehead atoms. The summed E-state index contributed by atoms with van der Waals surface area (Å²) >= 11 is 6.83. The van der Waals surface area contributed by atoms with Crippen LogP contribution in [0.2, 0.25) is 5.02 Å². The van der Waals surface area contributed by atoms with Crippen LogP contribution in [0.3, 0.4) is 0 Å². The summed E-state index contributed by atoms with van der Waals surface area (Å²) in [6.07, 6.45) is 0.676. The number of nitrogens with zero attached hydrogens (tertiary/aromatic N) is 1. The number of halogens is 1. The molecule has 1 saturated heterocycles. The maximum atomic E-state index is 11.3. The number of carbonyl (C=O) groups excluding carboxylic acids is 2. The molecule has 5 heteroatoms. The number of hydrogen-bond donors (Lipinski definition) is 0. The summed E-state index contributed by atoms with van der Waals surface area (Å²) < 4.78 is 0. The smallest absolute Gasteiger partial charge is 0.273 e. The monoisotopic (exact) mass is 255 g/mol. The molecule has 0 N–H and O–H groups in total. The minimum Gasteiger partial charge on any atom is -0.273 e. The molecule has 0 radical (unpaired) electrons. The van der Waals surface area contributed by atoms with Crippen LogP contribution < -0.4 is 0 Å². The quantitative estimate of drug-likeness (QED) is 0.833. The highest BCUT2D eigenvalue weighted by molar-refractivity contribution is 8.14. The Balaban J connectivity index is 1.94. The van der Waals surface area contributed by atoms with Gasteiger partial charge in [-0.3, -0.25) is 14.5 Å². The molecule has 1 aliphatic heterocycles. The molecule has 1 aromatic rings. The molecule has 0 unspecified atom stereocenters. The number of thioether (sulfide) groups is 1. The molecule has 1 heterocycles. The van der Waals surface area contributed by atoms with Crippen LogP contribution in [0.25, 0.3) is 0 Å². The Labute approximate surface area is 103 Å². The van der Waals surface area contributed by atoms with Crippen molar-refractivity contribution in [1.29, 1.82) is 0 Å². The minimum absolute atomic E-state index is 0.0936. The minimum atomic E-state index is -0.140. The molecule has 0 aromatic heterocycles. The third-order valence-electron chi connectivity index (χ3n) is 2.38. The van der Waals surface area contributed by atoms with Gasteiger partial charge in [0.05, 0.1) is 5.75 Å². The van der Waals surface area contributed by atoms with E-state index in [0.717, 1.165) is 17.3 Å². The highest BCUT2D eigenvalue weighted by Crippen LogP contribution is 2.19. The van der Waals surface area contributed by atoms with Gasteiger partial charge in [0.2, 0.25) is 5.91 Å². The van der Waals surface area contributed by atoms with Crippen molar-refractivity contribution in [3.8, 4) is 0 Å². The molecule has 16 heavy (non-hydrogen) atoms. The van der Waals surface area contributed by atoms with Gasteiger partial charge in [-0.05, 0) is 24.1 Å². The third kappa shape index (κ3) is 2.57. The van der Waals surface area contributed by atoms with Crippen molar-refractivity contribution < 1.29 is 9.59 Å². The summed E-state index contributed by atoms with van der Waals surface area (Å²) in [5, 5.41) is 0.548. The Bertz CT molecular complexity index is 402. The number of amides is 2. The molecular formula is C11H10ClNO2S. The van der Waals surface area contributed by atoms with Gasteiger partial charge < -0.3 is 0 Å². The zero-order valence-corrected chi connectivity index (χ0v) is 10.1. The van der Waals surface area contributed by atoms with Crippen molar-refractivity contribution in [3.63, 3.8) is 0 Å². The zero-order chi connectivity index (χ0) is 11.5. The summed E-state index contributed by atoms with van der Waals surface area (Å²) in [6.45, 7) is 0.451. The van der Waals surface area contributed by atoms with Crippen molar-refractivity contribution in [2.24, 2.45) is 0 Å². The van der Waals surface area contributed by atoms with Crippen molar-refractivity contribution in [2.45, 2.75) is 6.42 Å². The Morgan fingerprint density at radius 1 is 1.25 bits per heavy atom. The fourth-order valence-corrected chi connectivity index (χ4v) is 2.37. The highest BCUT2D eigenvalue weighted by Gasteiger charge is 2.29. The Hall–Kier alpha value is -1.00. The Morgan fingerprint density at radius 2 is 1.94 bits per heavy atom. The second-order valence-electron chi connectivity index (χ2n) is 3.48. The number of benzene rings is 1. The van der Waals surface area contributed by atoms with E-state index >= 15 is 0 Å². The van der Waals surface area contributed by atoms with Crippen molar-refractivity contribution in [3.05, 3.63) is 34.9 Å². The van der Waals surface area contributed by atoms with Gasteiger partial charge in [0.25, 0.3) is 5.24 Å². The van der Waals surface area contributed by atoms with Crippen molar-refractivity contribution >= 4 is 34.5 Å². The first-order valence-electron chi connectivity index (χ1n) is 4.88. The predicted octanol–water partition coefficient (Wildman–Crippen LogP) is 2.58. The molecule has 84 valence electrons. The van der Waals surface area contributed by atoms with Crippen molar-refractivity contribution in [1.82, 2.24) is 4.90 Å². The van der Waals surface area contributed by atoms with E-state index in [9.17, 15) is 9.59 Å². The molecule has 1 fully saturated rings. The summed E-state index contributed by atoms with van der Waals surface area (Å²) in [6, 6.07) is 7.42. The van der Waals surface area contributed by atoms with E-state index in [0.29, 0.717) is 18.0 Å². The van der Waals surface area contributed by atoms with Gasteiger partial charge in [-0.2, -0.15) is 0 Å². The van der Waals surface area contributed by atoms with E-state index in [-0.39, 0.29) is 16.9 Å². The number of imide groups is 1. The van der Waals surface area contributed by atoms with Crippen LogP contribution in [-0.2, 0) is 11.2 Å². The summed E-state index contributed by atoms with van der Waals surface area (Å²) in [7, 11) is 0. The van der Waals surface area contributed by atoms with Gasteiger partial charge in [-0.1, -0.05) is 35.5 Å². The highest BCUT2D eigenvalue weighted by atomic mass is 35.5. The van der Waals surface area contributed by atoms with Crippen LogP contribution in [0, 0.1) is 0 Å². The van der Waals surface area contributed by atoms with Crippen LogP contribution in [0.5, 0.6) is 0 Å². The SMILES string of the molecule is O=C1CSC(=O)N1CCc1ccc(Cl)cc1. The molecule has 1 aliphatic rings. The standard InChI is InChI=1S/C11H10ClNO2S/c12-9-3-1-8(2-4-9)5-6-13-10(14)7-16-11(13)15/h1-4H,5-7H2. The van der Waals surface area contributed by atoms with Crippen LogP contribution in [0.15, 0.2) is 24.3 Å². The van der Waals surface area contributed by atoms with Crippen molar-refractivity contribution in [2.75, 3.05) is 12.3 Å². The van der Waals surface area contributed by atoms with Gasteiger partial charge in [0.1, 0.15) is 0 Å². The molecular weight excluding hydrogens is 246 g/mol. The molecule has 0 spiro atoms. The van der Waals surface area contributed by atoms with Crippen LogP contribution in [-0.4, -0.2) is 28.3 Å². The summed E-state index contributed by atoms with van der Waals surface area (Å²) in [5.74, 6) is 0.184. The average Bonchev–Trinajstić information content (AvgIpc) is 2.59. The number of hydrogen-bond acceptors (Lipinski definition) is 3. The van der Waals surface area contributed by atoms with Crippen LogP contribution in [0.4, 0.5) is 4.79 Å². The van der Waals surface area contributed by atoms with E-state index < -0.39 is 0 Å².